The van der Waals surface area contributed by atoms with E-state index in [9.17, 15) is 0 Å². The van der Waals surface area contributed by atoms with Crippen molar-refractivity contribution >= 4 is 0 Å². The van der Waals surface area contributed by atoms with Crippen LogP contribution in [0.4, 0.5) is 0 Å². The van der Waals surface area contributed by atoms with Crippen molar-refractivity contribution in [1.82, 2.24) is 15.1 Å². The minimum atomic E-state index is 0.420. The summed E-state index contributed by atoms with van der Waals surface area (Å²) >= 11 is 0. The summed E-state index contributed by atoms with van der Waals surface area (Å²) < 4.78 is 7.79. The standard InChI is InChI=1S/C14H25N3O/c1-4-14-12(6-7-18-14)13(15-3)8-11-9-16-17(5-2)10-11/h9-10,12-15H,4-8H2,1-3H3. The van der Waals surface area contributed by atoms with E-state index >= 15 is 0 Å². The van der Waals surface area contributed by atoms with Crippen LogP contribution < -0.4 is 5.32 Å². The molecule has 4 nitrogen and oxygen atoms in total. The lowest BCUT2D eigenvalue weighted by molar-refractivity contribution is 0.0783. The van der Waals surface area contributed by atoms with E-state index in [1.165, 1.54) is 12.0 Å². The Kier molecular flexibility index (Phi) is 4.78. The Hall–Kier alpha value is -0.870. The average molecular weight is 251 g/mol. The highest BCUT2D eigenvalue weighted by Crippen LogP contribution is 2.28. The Morgan fingerprint density at radius 3 is 3.00 bits per heavy atom. The Balaban J connectivity index is 2.00. The molecule has 0 spiro atoms. The van der Waals surface area contributed by atoms with Gasteiger partial charge in [0.15, 0.2) is 0 Å². The quantitative estimate of drug-likeness (QED) is 0.838. The number of hydrogen-bond acceptors (Lipinski definition) is 3. The van der Waals surface area contributed by atoms with Gasteiger partial charge in [0.05, 0.1) is 12.3 Å². The van der Waals surface area contributed by atoms with Gasteiger partial charge in [-0.3, -0.25) is 4.68 Å². The summed E-state index contributed by atoms with van der Waals surface area (Å²) in [5.41, 5.74) is 1.32. The van der Waals surface area contributed by atoms with Gasteiger partial charge in [0, 0.05) is 31.3 Å². The molecule has 2 heterocycles. The van der Waals surface area contributed by atoms with Gasteiger partial charge in [-0.2, -0.15) is 5.10 Å². The molecule has 2 rings (SSSR count). The summed E-state index contributed by atoms with van der Waals surface area (Å²) in [6.45, 7) is 6.18. The van der Waals surface area contributed by atoms with Crippen molar-refractivity contribution in [1.29, 1.82) is 0 Å². The van der Waals surface area contributed by atoms with Crippen LogP contribution in [-0.2, 0) is 17.7 Å². The minimum absolute atomic E-state index is 0.420. The molecular weight excluding hydrogens is 226 g/mol. The fourth-order valence-electron chi connectivity index (χ4n) is 2.95. The van der Waals surface area contributed by atoms with E-state index in [2.05, 4.69) is 37.5 Å². The maximum Gasteiger partial charge on any atom is 0.0616 e. The van der Waals surface area contributed by atoms with Crippen LogP contribution in [0.5, 0.6) is 0 Å². The number of aromatic nitrogens is 2. The summed E-state index contributed by atoms with van der Waals surface area (Å²) in [4.78, 5) is 0. The normalized spacial score (nSPS) is 25.5. The van der Waals surface area contributed by atoms with E-state index in [4.69, 9.17) is 4.74 Å². The summed E-state index contributed by atoms with van der Waals surface area (Å²) in [5.74, 6) is 0.630. The first-order valence-corrected chi connectivity index (χ1v) is 7.08. The molecular formula is C14H25N3O. The molecule has 0 aliphatic carbocycles. The topological polar surface area (TPSA) is 39.1 Å². The largest absolute Gasteiger partial charge is 0.378 e. The highest BCUT2D eigenvalue weighted by molar-refractivity contribution is 5.07. The summed E-state index contributed by atoms with van der Waals surface area (Å²) in [6, 6.07) is 0.493. The summed E-state index contributed by atoms with van der Waals surface area (Å²) in [6.07, 6.45) is 7.89. The maximum atomic E-state index is 5.80. The van der Waals surface area contributed by atoms with Gasteiger partial charge in [-0.1, -0.05) is 6.92 Å². The Labute approximate surface area is 110 Å². The zero-order valence-corrected chi connectivity index (χ0v) is 11.7. The lowest BCUT2D eigenvalue weighted by Crippen LogP contribution is -2.39. The lowest BCUT2D eigenvalue weighted by Gasteiger charge is -2.26. The molecule has 1 aliphatic heterocycles. The second-order valence-electron chi connectivity index (χ2n) is 5.07. The van der Waals surface area contributed by atoms with Crippen molar-refractivity contribution in [3.05, 3.63) is 18.0 Å². The van der Waals surface area contributed by atoms with Gasteiger partial charge in [0.1, 0.15) is 0 Å². The van der Waals surface area contributed by atoms with E-state index in [-0.39, 0.29) is 0 Å². The Morgan fingerprint density at radius 1 is 1.56 bits per heavy atom. The number of nitrogens with one attached hydrogen (secondary N) is 1. The van der Waals surface area contributed by atoms with Crippen LogP contribution in [0.25, 0.3) is 0 Å². The third kappa shape index (κ3) is 2.93. The van der Waals surface area contributed by atoms with Crippen molar-refractivity contribution in [3.63, 3.8) is 0 Å². The molecule has 18 heavy (non-hydrogen) atoms. The van der Waals surface area contributed by atoms with Crippen molar-refractivity contribution in [2.75, 3.05) is 13.7 Å². The number of nitrogens with zero attached hydrogens (tertiary/aromatic N) is 2. The van der Waals surface area contributed by atoms with E-state index in [1.807, 2.05) is 10.9 Å². The minimum Gasteiger partial charge on any atom is -0.378 e. The van der Waals surface area contributed by atoms with Crippen LogP contribution in [0, 0.1) is 5.92 Å². The molecule has 3 unspecified atom stereocenters. The third-order valence-electron chi connectivity index (χ3n) is 4.02. The molecule has 102 valence electrons. The predicted octanol–water partition coefficient (Wildman–Crippen LogP) is 1.85. The number of rotatable bonds is 6. The molecule has 0 radical (unpaired) electrons. The molecule has 0 saturated carbocycles. The highest BCUT2D eigenvalue weighted by Gasteiger charge is 2.32. The highest BCUT2D eigenvalue weighted by atomic mass is 16.5. The zero-order chi connectivity index (χ0) is 13.0. The molecule has 1 fully saturated rings. The fraction of sp³-hybridized carbons (Fsp3) is 0.786. The molecule has 1 N–H and O–H groups in total. The van der Waals surface area contributed by atoms with Crippen molar-refractivity contribution in [2.45, 2.75) is 51.8 Å². The van der Waals surface area contributed by atoms with Gasteiger partial charge in [0.2, 0.25) is 0 Å². The maximum absolute atomic E-state index is 5.80. The van der Waals surface area contributed by atoms with Crippen LogP contribution in [0.1, 0.15) is 32.3 Å². The van der Waals surface area contributed by atoms with Crippen molar-refractivity contribution in [2.24, 2.45) is 5.92 Å². The molecule has 3 atom stereocenters. The van der Waals surface area contributed by atoms with Crippen LogP contribution in [0.2, 0.25) is 0 Å². The molecule has 0 amide bonds. The first kappa shape index (κ1) is 13.6. The first-order chi connectivity index (χ1) is 8.78. The lowest BCUT2D eigenvalue weighted by atomic mass is 9.88. The molecule has 0 aromatic carbocycles. The Bertz CT molecular complexity index is 364. The summed E-state index contributed by atoms with van der Waals surface area (Å²) in [7, 11) is 2.06. The molecule has 1 saturated heterocycles. The van der Waals surface area contributed by atoms with Crippen LogP contribution >= 0.6 is 0 Å². The smallest absolute Gasteiger partial charge is 0.0616 e. The van der Waals surface area contributed by atoms with Crippen LogP contribution in [0.15, 0.2) is 12.4 Å². The number of aryl methyl sites for hydroxylation is 1. The van der Waals surface area contributed by atoms with E-state index < -0.39 is 0 Å². The molecule has 0 bridgehead atoms. The van der Waals surface area contributed by atoms with Crippen LogP contribution in [-0.4, -0.2) is 35.6 Å². The SMILES string of the molecule is CCC1OCCC1C(Cc1cnn(CC)c1)NC. The first-order valence-electron chi connectivity index (χ1n) is 7.08. The second-order valence-corrected chi connectivity index (χ2v) is 5.07. The summed E-state index contributed by atoms with van der Waals surface area (Å²) in [5, 5.41) is 7.81. The number of likely N-dealkylation sites (N-methyl/N-ethyl adjacent to an activating group) is 1. The molecule has 1 aliphatic rings. The average Bonchev–Trinajstić information content (AvgIpc) is 3.04. The van der Waals surface area contributed by atoms with Crippen molar-refractivity contribution in [3.8, 4) is 0 Å². The second kappa shape index (κ2) is 6.34. The van der Waals surface area contributed by atoms with Crippen molar-refractivity contribution < 1.29 is 4.74 Å². The van der Waals surface area contributed by atoms with E-state index in [1.54, 1.807) is 0 Å². The van der Waals surface area contributed by atoms with Crippen LogP contribution in [0.3, 0.4) is 0 Å². The third-order valence-corrected chi connectivity index (χ3v) is 4.02. The predicted molar refractivity (Wildman–Crippen MR) is 72.6 cm³/mol. The van der Waals surface area contributed by atoms with Gasteiger partial charge in [-0.15, -0.1) is 0 Å². The van der Waals surface area contributed by atoms with Gasteiger partial charge in [-0.05, 0) is 38.8 Å². The number of ether oxygens (including phenoxy) is 1. The van der Waals surface area contributed by atoms with Gasteiger partial charge >= 0.3 is 0 Å². The fourth-order valence-corrected chi connectivity index (χ4v) is 2.95. The van der Waals surface area contributed by atoms with Gasteiger partial charge < -0.3 is 10.1 Å². The van der Waals surface area contributed by atoms with Gasteiger partial charge in [-0.25, -0.2) is 0 Å². The zero-order valence-electron chi connectivity index (χ0n) is 11.7. The Morgan fingerprint density at radius 2 is 2.39 bits per heavy atom. The van der Waals surface area contributed by atoms with E-state index in [0.717, 1.165) is 26.0 Å². The van der Waals surface area contributed by atoms with E-state index in [0.29, 0.717) is 18.1 Å². The molecule has 1 aromatic rings. The number of hydrogen-bond donors (Lipinski definition) is 1. The monoisotopic (exact) mass is 251 g/mol. The molecule has 1 aromatic heterocycles. The van der Waals surface area contributed by atoms with Gasteiger partial charge in [0.25, 0.3) is 0 Å². The molecule has 4 heteroatoms.